The van der Waals surface area contributed by atoms with Crippen LogP contribution in [0.2, 0.25) is 0 Å². The van der Waals surface area contributed by atoms with Crippen LogP contribution in [0.5, 0.6) is 0 Å². The summed E-state index contributed by atoms with van der Waals surface area (Å²) in [6.45, 7) is 9.23. The molecule has 0 aliphatic heterocycles. The van der Waals surface area contributed by atoms with E-state index in [-0.39, 0.29) is 0 Å². The molecule has 0 radical (unpaired) electrons. The maximum absolute atomic E-state index is 2.56. The van der Waals surface area contributed by atoms with Crippen LogP contribution in [-0.2, 0) is 19.5 Å². The van der Waals surface area contributed by atoms with Crippen molar-refractivity contribution in [2.24, 2.45) is 0 Å². The number of rotatable bonds is 26. The standard InChI is InChI=1S/C32H63N2/c1-4-7-9-11-13-15-16-17-18-19-21-23-25-27-29-34-31-30-33(6-3)32(34)28-26-24-22-20-14-12-10-8-5-2/h30-31H,4-29H2,1-3H3/q+1. The van der Waals surface area contributed by atoms with E-state index in [1.54, 1.807) is 5.82 Å². The normalized spacial score (nSPS) is 11.5. The summed E-state index contributed by atoms with van der Waals surface area (Å²) in [7, 11) is 0. The predicted molar refractivity (Wildman–Crippen MR) is 152 cm³/mol. The van der Waals surface area contributed by atoms with Crippen LogP contribution < -0.4 is 4.57 Å². The summed E-state index contributed by atoms with van der Waals surface area (Å²) in [5.74, 6) is 1.57. The van der Waals surface area contributed by atoms with Crippen molar-refractivity contribution in [3.63, 3.8) is 0 Å². The van der Waals surface area contributed by atoms with Gasteiger partial charge in [-0.25, -0.2) is 9.13 Å². The van der Waals surface area contributed by atoms with E-state index in [1.807, 2.05) is 0 Å². The lowest BCUT2D eigenvalue weighted by Crippen LogP contribution is -2.37. The first-order chi connectivity index (χ1) is 16.8. The zero-order valence-electron chi connectivity index (χ0n) is 23.9. The third-order valence-electron chi connectivity index (χ3n) is 7.69. The third-order valence-corrected chi connectivity index (χ3v) is 7.69. The number of nitrogens with zero attached hydrogens (tertiary/aromatic N) is 2. The van der Waals surface area contributed by atoms with Crippen LogP contribution >= 0.6 is 0 Å². The first kappa shape index (κ1) is 31.2. The van der Waals surface area contributed by atoms with Gasteiger partial charge in [-0.3, -0.25) is 0 Å². The third kappa shape index (κ3) is 16.8. The van der Waals surface area contributed by atoms with Crippen molar-refractivity contribution in [1.82, 2.24) is 4.57 Å². The Kier molecular flexibility index (Phi) is 22.0. The van der Waals surface area contributed by atoms with Gasteiger partial charge < -0.3 is 0 Å². The maximum Gasteiger partial charge on any atom is 0.256 e. The Morgan fingerprint density at radius 2 is 0.882 bits per heavy atom. The largest absolute Gasteiger partial charge is 0.256 e. The summed E-state index contributed by atoms with van der Waals surface area (Å²) in [5.41, 5.74) is 0. The van der Waals surface area contributed by atoms with E-state index in [4.69, 9.17) is 0 Å². The van der Waals surface area contributed by atoms with E-state index in [9.17, 15) is 0 Å². The zero-order valence-corrected chi connectivity index (χ0v) is 23.9. The van der Waals surface area contributed by atoms with Gasteiger partial charge in [-0.05, 0) is 26.2 Å². The molecule has 0 aliphatic carbocycles. The van der Waals surface area contributed by atoms with E-state index in [0.717, 1.165) is 6.54 Å². The number of imidazole rings is 1. The first-order valence-corrected chi connectivity index (χ1v) is 15.9. The molecule has 1 aromatic heterocycles. The second-order valence-electron chi connectivity index (χ2n) is 10.9. The molecule has 1 heterocycles. The van der Waals surface area contributed by atoms with E-state index in [1.165, 1.54) is 161 Å². The first-order valence-electron chi connectivity index (χ1n) is 15.9. The molecule has 0 bridgehead atoms. The molecule has 0 unspecified atom stereocenters. The minimum atomic E-state index is 1.11. The highest BCUT2D eigenvalue weighted by atomic mass is 15.1. The van der Waals surface area contributed by atoms with Gasteiger partial charge in [0.1, 0.15) is 12.4 Å². The van der Waals surface area contributed by atoms with Gasteiger partial charge in [0, 0.05) is 6.42 Å². The van der Waals surface area contributed by atoms with Crippen LogP contribution in [0.25, 0.3) is 0 Å². The van der Waals surface area contributed by atoms with Gasteiger partial charge in [0.15, 0.2) is 0 Å². The fourth-order valence-electron chi connectivity index (χ4n) is 5.35. The van der Waals surface area contributed by atoms with Gasteiger partial charge in [-0.15, -0.1) is 0 Å². The summed E-state index contributed by atoms with van der Waals surface area (Å²) in [5, 5.41) is 0. The Balaban J connectivity index is 2.03. The highest BCUT2D eigenvalue weighted by Crippen LogP contribution is 2.14. The molecule has 0 spiro atoms. The molecule has 0 saturated carbocycles. The van der Waals surface area contributed by atoms with Crippen molar-refractivity contribution < 1.29 is 4.57 Å². The highest BCUT2D eigenvalue weighted by molar-refractivity contribution is 4.83. The lowest BCUT2D eigenvalue weighted by molar-refractivity contribution is -0.704. The molecule has 0 atom stereocenters. The molecule has 0 amide bonds. The summed E-state index contributed by atoms with van der Waals surface area (Å²) in [6.07, 6.45) is 38.8. The van der Waals surface area contributed by atoms with Crippen molar-refractivity contribution in [2.75, 3.05) is 0 Å². The van der Waals surface area contributed by atoms with Crippen molar-refractivity contribution >= 4 is 0 Å². The minimum Gasteiger partial charge on any atom is -0.235 e. The van der Waals surface area contributed by atoms with Gasteiger partial charge in [0.05, 0.1) is 13.1 Å². The Bertz CT molecular complexity index is 533. The molecule has 200 valence electrons. The monoisotopic (exact) mass is 475 g/mol. The average Bonchev–Trinajstić information content (AvgIpc) is 3.24. The van der Waals surface area contributed by atoms with Crippen LogP contribution in [-0.4, -0.2) is 4.57 Å². The van der Waals surface area contributed by atoms with Crippen LogP contribution in [0.15, 0.2) is 12.4 Å². The van der Waals surface area contributed by atoms with E-state index >= 15 is 0 Å². The molecule has 0 aromatic carbocycles. The second kappa shape index (κ2) is 23.9. The second-order valence-corrected chi connectivity index (χ2v) is 10.9. The Morgan fingerprint density at radius 1 is 0.500 bits per heavy atom. The molecule has 0 N–H and O–H groups in total. The number of hydrogen-bond acceptors (Lipinski definition) is 0. The molecule has 1 rings (SSSR count). The topological polar surface area (TPSA) is 8.81 Å². The fraction of sp³-hybridized carbons (Fsp3) is 0.906. The van der Waals surface area contributed by atoms with Crippen molar-refractivity contribution in [2.45, 2.75) is 188 Å². The smallest absolute Gasteiger partial charge is 0.235 e. The Hall–Kier alpha value is -0.790. The van der Waals surface area contributed by atoms with Gasteiger partial charge in [0.2, 0.25) is 0 Å². The van der Waals surface area contributed by atoms with Gasteiger partial charge >= 0.3 is 0 Å². The molecule has 2 nitrogen and oxygen atoms in total. The number of aromatic nitrogens is 2. The van der Waals surface area contributed by atoms with E-state index in [2.05, 4.69) is 42.3 Å². The van der Waals surface area contributed by atoms with Crippen LogP contribution in [0.1, 0.15) is 174 Å². The lowest BCUT2D eigenvalue weighted by Gasteiger charge is -2.06. The van der Waals surface area contributed by atoms with E-state index < -0.39 is 0 Å². The molecule has 0 fully saturated rings. The van der Waals surface area contributed by atoms with Gasteiger partial charge in [0.25, 0.3) is 5.82 Å². The van der Waals surface area contributed by atoms with Crippen molar-refractivity contribution in [3.8, 4) is 0 Å². The average molecular weight is 476 g/mol. The maximum atomic E-state index is 2.56. The summed E-state index contributed by atoms with van der Waals surface area (Å²) in [4.78, 5) is 0. The zero-order chi connectivity index (χ0) is 24.5. The van der Waals surface area contributed by atoms with Crippen LogP contribution in [0, 0.1) is 0 Å². The molecule has 0 saturated heterocycles. The summed E-state index contributed by atoms with van der Waals surface area (Å²) in [6, 6.07) is 0. The minimum absolute atomic E-state index is 1.11. The quantitative estimate of drug-likeness (QED) is 0.0930. The van der Waals surface area contributed by atoms with Crippen molar-refractivity contribution in [1.29, 1.82) is 0 Å². The van der Waals surface area contributed by atoms with Gasteiger partial charge in [-0.2, -0.15) is 0 Å². The van der Waals surface area contributed by atoms with Gasteiger partial charge in [-0.1, -0.05) is 142 Å². The molecule has 1 aromatic rings. The van der Waals surface area contributed by atoms with Crippen molar-refractivity contribution in [3.05, 3.63) is 18.2 Å². The molecular weight excluding hydrogens is 412 g/mol. The number of aryl methyl sites for hydroxylation is 2. The molecule has 2 heteroatoms. The molecular formula is C32H63N2+. The summed E-state index contributed by atoms with van der Waals surface area (Å²) < 4.78 is 5.04. The molecule has 0 aliphatic rings. The van der Waals surface area contributed by atoms with E-state index in [0.29, 0.717) is 0 Å². The number of hydrogen-bond donors (Lipinski definition) is 0. The SMILES string of the molecule is CCCCCCCCCCCCCCCC[n+]1ccn(CC)c1CCCCCCCCCCC. The molecule has 34 heavy (non-hydrogen) atoms. The van der Waals surface area contributed by atoms with Crippen LogP contribution in [0.3, 0.4) is 0 Å². The number of unbranched alkanes of at least 4 members (excludes halogenated alkanes) is 21. The lowest BCUT2D eigenvalue weighted by atomic mass is 10.0. The predicted octanol–water partition coefficient (Wildman–Crippen LogP) is 10.4. The fourth-order valence-corrected chi connectivity index (χ4v) is 5.35. The Labute approximate surface area is 215 Å². The summed E-state index contributed by atoms with van der Waals surface area (Å²) >= 11 is 0. The highest BCUT2D eigenvalue weighted by Gasteiger charge is 2.15. The van der Waals surface area contributed by atoms with Crippen LogP contribution in [0.4, 0.5) is 0 Å². The Morgan fingerprint density at radius 3 is 1.29 bits per heavy atom.